The van der Waals surface area contributed by atoms with Gasteiger partial charge in [-0.25, -0.2) is 18.0 Å². The smallest absolute Gasteiger partial charge is 0.293 e. The van der Waals surface area contributed by atoms with Gasteiger partial charge < -0.3 is 5.32 Å². The van der Waals surface area contributed by atoms with E-state index >= 15 is 0 Å². The Morgan fingerprint density at radius 2 is 2.03 bits per heavy atom. The molecule has 0 bridgehead atoms. The summed E-state index contributed by atoms with van der Waals surface area (Å²) in [6.45, 7) is 3.56. The van der Waals surface area contributed by atoms with E-state index in [1.165, 1.54) is 6.07 Å². The highest BCUT2D eigenvalue weighted by molar-refractivity contribution is 5.90. The number of hydrogen-bond donors (Lipinski definition) is 1. The summed E-state index contributed by atoms with van der Waals surface area (Å²) in [6, 6.07) is 4.25. The standard InChI is InChI=1S/C19H20F2N6O2/c1-10(2)18-25-26(19(29)15-7-14(11-3-4-11)24-27(15)18)9-16(28)23-12-5-6-13(17(20)21)22-8-12/h5-8,10-11,17H,3-4,9H2,1-2H3,(H,23,28). The number of aromatic nitrogens is 5. The Kier molecular flexibility index (Phi) is 4.85. The molecule has 10 heteroatoms. The lowest BCUT2D eigenvalue weighted by Crippen LogP contribution is -2.32. The largest absolute Gasteiger partial charge is 0.323 e. The van der Waals surface area contributed by atoms with Crippen LogP contribution in [0.1, 0.15) is 62.2 Å². The number of hydrogen-bond acceptors (Lipinski definition) is 5. The molecule has 3 aromatic rings. The number of amides is 1. The number of pyridine rings is 1. The van der Waals surface area contributed by atoms with Crippen molar-refractivity contribution >= 4 is 17.1 Å². The highest BCUT2D eigenvalue weighted by Gasteiger charge is 2.28. The van der Waals surface area contributed by atoms with Crippen molar-refractivity contribution in [3.8, 4) is 0 Å². The maximum atomic E-state index is 12.8. The number of rotatable bonds is 6. The molecule has 0 unspecified atom stereocenters. The highest BCUT2D eigenvalue weighted by Crippen LogP contribution is 2.39. The maximum Gasteiger partial charge on any atom is 0.293 e. The second-order valence-corrected chi connectivity index (χ2v) is 7.44. The second kappa shape index (κ2) is 7.34. The predicted molar refractivity (Wildman–Crippen MR) is 101 cm³/mol. The van der Waals surface area contributed by atoms with Crippen LogP contribution in [0.4, 0.5) is 14.5 Å². The molecule has 1 aliphatic carbocycles. The Bertz CT molecular complexity index is 1120. The Labute approximate surface area is 164 Å². The first-order chi connectivity index (χ1) is 13.8. The fourth-order valence-electron chi connectivity index (χ4n) is 3.06. The van der Waals surface area contributed by atoms with Gasteiger partial charge in [-0.15, -0.1) is 0 Å². The number of carbonyl (C=O) groups is 1. The molecule has 0 aliphatic heterocycles. The Hall–Kier alpha value is -3.17. The average Bonchev–Trinajstić information content (AvgIpc) is 3.43. The Morgan fingerprint density at radius 3 is 2.62 bits per heavy atom. The summed E-state index contributed by atoms with van der Waals surface area (Å²) in [4.78, 5) is 28.8. The molecule has 152 valence electrons. The minimum absolute atomic E-state index is 0.00884. The zero-order chi connectivity index (χ0) is 20.7. The van der Waals surface area contributed by atoms with E-state index in [4.69, 9.17) is 0 Å². The lowest BCUT2D eigenvalue weighted by Gasteiger charge is -2.12. The maximum absolute atomic E-state index is 12.8. The van der Waals surface area contributed by atoms with Crippen molar-refractivity contribution in [3.05, 3.63) is 52.0 Å². The fraction of sp³-hybridized carbons (Fsp3) is 0.421. The molecule has 0 aromatic carbocycles. The van der Waals surface area contributed by atoms with Gasteiger partial charge in [0.25, 0.3) is 12.0 Å². The van der Waals surface area contributed by atoms with Crippen molar-refractivity contribution < 1.29 is 13.6 Å². The van der Waals surface area contributed by atoms with Crippen LogP contribution in [0.5, 0.6) is 0 Å². The van der Waals surface area contributed by atoms with Gasteiger partial charge in [0.15, 0.2) is 5.82 Å². The van der Waals surface area contributed by atoms with E-state index in [-0.39, 0.29) is 23.8 Å². The third kappa shape index (κ3) is 3.87. The van der Waals surface area contributed by atoms with Gasteiger partial charge in [0.2, 0.25) is 5.91 Å². The molecular formula is C19H20F2N6O2. The quantitative estimate of drug-likeness (QED) is 0.684. The molecule has 4 rings (SSSR count). The molecule has 0 atom stereocenters. The normalized spacial score (nSPS) is 14.1. The van der Waals surface area contributed by atoms with Crippen LogP contribution >= 0.6 is 0 Å². The second-order valence-electron chi connectivity index (χ2n) is 7.44. The molecule has 1 aliphatic rings. The summed E-state index contributed by atoms with van der Waals surface area (Å²) in [7, 11) is 0. The summed E-state index contributed by atoms with van der Waals surface area (Å²) < 4.78 is 27.8. The molecule has 3 heterocycles. The summed E-state index contributed by atoms with van der Waals surface area (Å²) in [5.74, 6) is 0.453. The molecule has 1 N–H and O–H groups in total. The Morgan fingerprint density at radius 1 is 1.28 bits per heavy atom. The molecule has 3 aromatic heterocycles. The van der Waals surface area contributed by atoms with Crippen LogP contribution in [0.3, 0.4) is 0 Å². The topological polar surface area (TPSA) is 94.2 Å². The van der Waals surface area contributed by atoms with Crippen molar-refractivity contribution in [3.63, 3.8) is 0 Å². The fourth-order valence-corrected chi connectivity index (χ4v) is 3.06. The number of fused-ring (bicyclic) bond motifs is 1. The zero-order valence-electron chi connectivity index (χ0n) is 16.0. The first-order valence-corrected chi connectivity index (χ1v) is 9.38. The van der Waals surface area contributed by atoms with E-state index in [0.717, 1.165) is 35.5 Å². The number of nitrogens with one attached hydrogen (secondary N) is 1. The zero-order valence-corrected chi connectivity index (χ0v) is 16.0. The van der Waals surface area contributed by atoms with Crippen molar-refractivity contribution in [2.75, 3.05) is 5.32 Å². The lowest BCUT2D eigenvalue weighted by molar-refractivity contribution is -0.117. The van der Waals surface area contributed by atoms with E-state index in [2.05, 4.69) is 20.5 Å². The van der Waals surface area contributed by atoms with Gasteiger partial charge in [-0.1, -0.05) is 13.8 Å². The predicted octanol–water partition coefficient (Wildman–Crippen LogP) is 2.86. The third-order valence-electron chi connectivity index (χ3n) is 4.72. The van der Waals surface area contributed by atoms with Crippen molar-refractivity contribution in [2.45, 2.75) is 51.5 Å². The van der Waals surface area contributed by atoms with Crippen LogP contribution in [0, 0.1) is 0 Å². The molecule has 29 heavy (non-hydrogen) atoms. The van der Waals surface area contributed by atoms with Crippen molar-refractivity contribution in [1.29, 1.82) is 0 Å². The molecule has 8 nitrogen and oxygen atoms in total. The number of carbonyl (C=O) groups excluding carboxylic acids is 1. The number of alkyl halides is 2. The molecule has 0 radical (unpaired) electrons. The monoisotopic (exact) mass is 402 g/mol. The molecule has 1 saturated carbocycles. The van der Waals surface area contributed by atoms with Crippen LogP contribution in [-0.2, 0) is 11.3 Å². The summed E-state index contributed by atoms with van der Waals surface area (Å²) in [6.07, 6.45) is 0.587. The molecule has 0 saturated heterocycles. The third-order valence-corrected chi connectivity index (χ3v) is 4.72. The van der Waals surface area contributed by atoms with Gasteiger partial charge >= 0.3 is 0 Å². The summed E-state index contributed by atoms with van der Waals surface area (Å²) in [5, 5.41) is 11.4. The number of nitrogens with zero attached hydrogens (tertiary/aromatic N) is 5. The van der Waals surface area contributed by atoms with Gasteiger partial charge in [0.1, 0.15) is 17.8 Å². The minimum Gasteiger partial charge on any atom is -0.323 e. The van der Waals surface area contributed by atoms with E-state index < -0.39 is 17.9 Å². The minimum atomic E-state index is -2.68. The van der Waals surface area contributed by atoms with Gasteiger partial charge in [-0.05, 0) is 31.0 Å². The van der Waals surface area contributed by atoms with Crippen LogP contribution in [-0.4, -0.2) is 30.3 Å². The van der Waals surface area contributed by atoms with E-state index in [9.17, 15) is 18.4 Å². The van der Waals surface area contributed by atoms with Crippen LogP contribution in [0.15, 0.2) is 29.2 Å². The van der Waals surface area contributed by atoms with Crippen LogP contribution in [0.25, 0.3) is 5.52 Å². The van der Waals surface area contributed by atoms with Gasteiger partial charge in [-0.2, -0.15) is 10.2 Å². The van der Waals surface area contributed by atoms with E-state index in [0.29, 0.717) is 17.3 Å². The van der Waals surface area contributed by atoms with Gasteiger partial charge in [0.05, 0.1) is 17.6 Å². The molecular weight excluding hydrogens is 382 g/mol. The first-order valence-electron chi connectivity index (χ1n) is 9.38. The van der Waals surface area contributed by atoms with Crippen molar-refractivity contribution in [2.24, 2.45) is 0 Å². The lowest BCUT2D eigenvalue weighted by atomic mass is 10.2. The number of halogens is 2. The van der Waals surface area contributed by atoms with Gasteiger partial charge in [0, 0.05) is 11.8 Å². The molecule has 1 fully saturated rings. The van der Waals surface area contributed by atoms with E-state index in [1.807, 2.05) is 13.8 Å². The summed E-state index contributed by atoms with van der Waals surface area (Å²) >= 11 is 0. The van der Waals surface area contributed by atoms with Crippen molar-refractivity contribution in [1.82, 2.24) is 24.4 Å². The average molecular weight is 402 g/mol. The molecule has 0 spiro atoms. The van der Waals surface area contributed by atoms with Gasteiger partial charge in [-0.3, -0.25) is 14.6 Å². The Balaban J connectivity index is 1.60. The number of anilines is 1. The van der Waals surface area contributed by atoms with E-state index in [1.54, 1.807) is 10.6 Å². The highest BCUT2D eigenvalue weighted by atomic mass is 19.3. The van der Waals surface area contributed by atoms with Crippen LogP contribution in [0.2, 0.25) is 0 Å². The summed E-state index contributed by atoms with van der Waals surface area (Å²) in [5.41, 5.74) is 0.743. The first kappa shape index (κ1) is 19.2. The SMILES string of the molecule is CC(C)c1nn(CC(=O)Nc2ccc(C(F)F)nc2)c(=O)c2cc(C3CC3)nn12. The molecule has 1 amide bonds. The van der Waals surface area contributed by atoms with Crippen LogP contribution < -0.4 is 10.9 Å².